The molecule has 1 amide bonds. The number of hydrogen-bond acceptors (Lipinski definition) is 2. The summed E-state index contributed by atoms with van der Waals surface area (Å²) in [6.07, 6.45) is 6.10. The van der Waals surface area contributed by atoms with Gasteiger partial charge < -0.3 is 9.88 Å². The number of amides is 1. The monoisotopic (exact) mass is 283 g/mol. The summed E-state index contributed by atoms with van der Waals surface area (Å²) in [4.78, 5) is 17.0. The maximum absolute atomic E-state index is 12.6. The van der Waals surface area contributed by atoms with Gasteiger partial charge in [-0.2, -0.15) is 0 Å². The molecule has 2 aromatic heterocycles. The van der Waals surface area contributed by atoms with Gasteiger partial charge in [-0.05, 0) is 43.0 Å². The van der Waals surface area contributed by atoms with Gasteiger partial charge in [0.2, 0.25) is 0 Å². The summed E-state index contributed by atoms with van der Waals surface area (Å²) in [6, 6.07) is 10.1. The molecule has 0 spiro atoms. The van der Waals surface area contributed by atoms with Gasteiger partial charge in [-0.1, -0.05) is 19.9 Å². The Morgan fingerprint density at radius 1 is 1.29 bits per heavy atom. The van der Waals surface area contributed by atoms with Gasteiger partial charge in [0.05, 0.1) is 11.7 Å². The van der Waals surface area contributed by atoms with E-state index in [2.05, 4.69) is 28.7 Å². The molecule has 0 bridgehead atoms. The van der Waals surface area contributed by atoms with Gasteiger partial charge in [0, 0.05) is 18.4 Å². The number of pyridine rings is 1. The topological polar surface area (TPSA) is 46.9 Å². The predicted molar refractivity (Wildman–Crippen MR) is 82.0 cm³/mol. The highest BCUT2D eigenvalue weighted by molar-refractivity contribution is 5.93. The Kier molecular flexibility index (Phi) is 3.78. The van der Waals surface area contributed by atoms with Crippen LogP contribution in [-0.2, 0) is 0 Å². The number of carbonyl (C=O) groups excluding carboxylic acids is 1. The zero-order chi connectivity index (χ0) is 14.8. The molecule has 0 aromatic carbocycles. The van der Waals surface area contributed by atoms with E-state index in [1.165, 1.54) is 12.8 Å². The van der Waals surface area contributed by atoms with Crippen LogP contribution in [0.3, 0.4) is 0 Å². The molecule has 1 atom stereocenters. The normalized spacial score (nSPS) is 16.0. The summed E-state index contributed by atoms with van der Waals surface area (Å²) in [6.45, 7) is 4.19. The van der Waals surface area contributed by atoms with E-state index >= 15 is 0 Å². The first-order chi connectivity index (χ1) is 10.2. The third kappa shape index (κ3) is 2.99. The standard InChI is InChI=1S/C17H21N3O/c1-12(2)16(14-6-3-4-10-18-14)19-17(21)15-7-5-11-20(15)13-8-9-13/h3-7,10-13,16H,8-9H2,1-2H3,(H,19,21)/t16-/m0/s1. The van der Waals surface area contributed by atoms with Crippen LogP contribution in [0.2, 0.25) is 0 Å². The SMILES string of the molecule is CC(C)[C@H](NC(=O)c1cccn1C1CC1)c1ccccn1. The quantitative estimate of drug-likeness (QED) is 0.914. The number of nitrogens with one attached hydrogen (secondary N) is 1. The molecular weight excluding hydrogens is 262 g/mol. The summed E-state index contributed by atoms with van der Waals surface area (Å²) < 4.78 is 2.09. The van der Waals surface area contributed by atoms with Crippen LogP contribution >= 0.6 is 0 Å². The van der Waals surface area contributed by atoms with Gasteiger partial charge in [-0.15, -0.1) is 0 Å². The molecule has 1 fully saturated rings. The number of rotatable bonds is 5. The van der Waals surface area contributed by atoms with Gasteiger partial charge in [-0.25, -0.2) is 0 Å². The third-order valence-corrected chi connectivity index (χ3v) is 3.91. The lowest BCUT2D eigenvalue weighted by Crippen LogP contribution is -2.33. The fourth-order valence-corrected chi connectivity index (χ4v) is 2.61. The van der Waals surface area contributed by atoms with Crippen molar-refractivity contribution in [2.75, 3.05) is 0 Å². The molecule has 21 heavy (non-hydrogen) atoms. The van der Waals surface area contributed by atoms with Gasteiger partial charge in [-0.3, -0.25) is 9.78 Å². The molecule has 1 aliphatic rings. The zero-order valence-electron chi connectivity index (χ0n) is 12.5. The van der Waals surface area contributed by atoms with E-state index in [1.54, 1.807) is 6.20 Å². The maximum Gasteiger partial charge on any atom is 0.268 e. The molecule has 4 heteroatoms. The van der Waals surface area contributed by atoms with Crippen LogP contribution in [-0.4, -0.2) is 15.5 Å². The van der Waals surface area contributed by atoms with Crippen LogP contribution in [0.15, 0.2) is 42.7 Å². The van der Waals surface area contributed by atoms with Crippen LogP contribution < -0.4 is 5.32 Å². The Bertz CT molecular complexity index is 614. The van der Waals surface area contributed by atoms with Crippen molar-refractivity contribution in [2.24, 2.45) is 5.92 Å². The summed E-state index contributed by atoms with van der Waals surface area (Å²) in [5, 5.41) is 3.14. The molecular formula is C17H21N3O. The fourth-order valence-electron chi connectivity index (χ4n) is 2.61. The highest BCUT2D eigenvalue weighted by Crippen LogP contribution is 2.36. The van der Waals surface area contributed by atoms with Gasteiger partial charge in [0.1, 0.15) is 5.69 Å². The minimum absolute atomic E-state index is 0.0174. The minimum Gasteiger partial charge on any atom is -0.342 e. The molecule has 2 heterocycles. The van der Waals surface area contributed by atoms with Crippen molar-refractivity contribution in [1.29, 1.82) is 0 Å². The number of hydrogen-bond donors (Lipinski definition) is 1. The van der Waals surface area contributed by atoms with Crippen molar-refractivity contribution in [3.8, 4) is 0 Å². The first-order valence-electron chi connectivity index (χ1n) is 7.55. The Labute approximate surface area is 125 Å². The first kappa shape index (κ1) is 13.9. The molecule has 0 aliphatic heterocycles. The highest BCUT2D eigenvalue weighted by Gasteiger charge is 2.28. The van der Waals surface area contributed by atoms with Crippen molar-refractivity contribution < 1.29 is 4.79 Å². The lowest BCUT2D eigenvalue weighted by molar-refractivity contribution is 0.0914. The molecule has 4 nitrogen and oxygen atoms in total. The lowest BCUT2D eigenvalue weighted by atomic mass is 10.00. The van der Waals surface area contributed by atoms with Crippen molar-refractivity contribution in [2.45, 2.75) is 38.8 Å². The van der Waals surface area contributed by atoms with Crippen LogP contribution in [0.25, 0.3) is 0 Å². The predicted octanol–water partition coefficient (Wildman–Crippen LogP) is 3.35. The molecule has 2 aromatic rings. The Morgan fingerprint density at radius 2 is 2.10 bits per heavy atom. The van der Waals surface area contributed by atoms with Crippen LogP contribution in [0, 0.1) is 5.92 Å². The summed E-state index contributed by atoms with van der Waals surface area (Å²) >= 11 is 0. The van der Waals surface area contributed by atoms with E-state index < -0.39 is 0 Å². The molecule has 0 saturated heterocycles. The minimum atomic E-state index is -0.0683. The second-order valence-corrected chi connectivity index (χ2v) is 5.98. The second kappa shape index (κ2) is 5.72. The molecule has 1 N–H and O–H groups in total. The lowest BCUT2D eigenvalue weighted by Gasteiger charge is -2.22. The largest absolute Gasteiger partial charge is 0.342 e. The average Bonchev–Trinajstić information content (AvgIpc) is 3.22. The fraction of sp³-hybridized carbons (Fsp3) is 0.412. The van der Waals surface area contributed by atoms with Crippen molar-refractivity contribution in [1.82, 2.24) is 14.9 Å². The molecule has 1 saturated carbocycles. The van der Waals surface area contributed by atoms with E-state index in [4.69, 9.17) is 0 Å². The smallest absolute Gasteiger partial charge is 0.268 e. The number of nitrogens with zero attached hydrogens (tertiary/aromatic N) is 2. The van der Waals surface area contributed by atoms with E-state index in [1.807, 2.05) is 36.5 Å². The number of carbonyl (C=O) groups is 1. The first-order valence-corrected chi connectivity index (χ1v) is 7.55. The number of aromatic nitrogens is 2. The van der Waals surface area contributed by atoms with E-state index in [0.717, 1.165) is 11.4 Å². The molecule has 1 aliphatic carbocycles. The maximum atomic E-state index is 12.6. The zero-order valence-corrected chi connectivity index (χ0v) is 12.5. The Balaban J connectivity index is 1.79. The van der Waals surface area contributed by atoms with Crippen LogP contribution in [0.1, 0.15) is 55.0 Å². The summed E-state index contributed by atoms with van der Waals surface area (Å²) in [5.74, 6) is 0.268. The summed E-state index contributed by atoms with van der Waals surface area (Å²) in [7, 11) is 0. The van der Waals surface area contributed by atoms with Crippen molar-refractivity contribution in [3.63, 3.8) is 0 Å². The van der Waals surface area contributed by atoms with Gasteiger partial charge in [0.15, 0.2) is 0 Å². The Morgan fingerprint density at radius 3 is 2.71 bits per heavy atom. The van der Waals surface area contributed by atoms with Crippen molar-refractivity contribution >= 4 is 5.91 Å². The van der Waals surface area contributed by atoms with Crippen molar-refractivity contribution in [3.05, 3.63) is 54.1 Å². The van der Waals surface area contributed by atoms with E-state index in [0.29, 0.717) is 6.04 Å². The van der Waals surface area contributed by atoms with E-state index in [-0.39, 0.29) is 17.9 Å². The Hall–Kier alpha value is -2.10. The molecule has 0 radical (unpaired) electrons. The third-order valence-electron chi connectivity index (χ3n) is 3.91. The van der Waals surface area contributed by atoms with Crippen LogP contribution in [0.5, 0.6) is 0 Å². The highest BCUT2D eigenvalue weighted by atomic mass is 16.2. The van der Waals surface area contributed by atoms with Gasteiger partial charge in [0.25, 0.3) is 5.91 Å². The second-order valence-electron chi connectivity index (χ2n) is 5.98. The van der Waals surface area contributed by atoms with Crippen LogP contribution in [0.4, 0.5) is 0 Å². The molecule has 110 valence electrons. The average molecular weight is 283 g/mol. The molecule has 0 unspecified atom stereocenters. The van der Waals surface area contributed by atoms with Gasteiger partial charge >= 0.3 is 0 Å². The van der Waals surface area contributed by atoms with E-state index in [9.17, 15) is 4.79 Å². The molecule has 3 rings (SSSR count). The summed E-state index contributed by atoms with van der Waals surface area (Å²) in [5.41, 5.74) is 1.66.